The third kappa shape index (κ3) is 5.11. The van der Waals surface area contributed by atoms with Crippen LogP contribution >= 0.6 is 0 Å². The van der Waals surface area contributed by atoms with Gasteiger partial charge >= 0.3 is 5.97 Å². The van der Waals surface area contributed by atoms with Crippen LogP contribution in [0, 0.1) is 11.8 Å². The Kier molecular flexibility index (Phi) is 6.87. The summed E-state index contributed by atoms with van der Waals surface area (Å²) in [4.78, 5) is 11.2. The monoisotopic (exact) mass is 327 g/mol. The molecular formula is C21H29NO2. The van der Waals surface area contributed by atoms with Crippen molar-refractivity contribution < 1.29 is 9.90 Å². The number of carbonyl (C=O) groups is 1. The summed E-state index contributed by atoms with van der Waals surface area (Å²) in [6.45, 7) is 2.23. The second kappa shape index (κ2) is 8.89. The molecule has 1 aliphatic rings. The van der Waals surface area contributed by atoms with Crippen LogP contribution in [-0.2, 0) is 4.79 Å². The summed E-state index contributed by atoms with van der Waals surface area (Å²) in [6, 6.07) is 8.22. The number of carboxylic acids is 1. The van der Waals surface area contributed by atoms with Gasteiger partial charge in [-0.05, 0) is 49.3 Å². The van der Waals surface area contributed by atoms with Crippen molar-refractivity contribution in [2.24, 2.45) is 5.73 Å². The van der Waals surface area contributed by atoms with Crippen LogP contribution in [0.2, 0.25) is 0 Å². The number of hydrogen-bond acceptors (Lipinski definition) is 2. The molecule has 1 saturated carbocycles. The second-order valence-corrected chi connectivity index (χ2v) is 6.99. The highest BCUT2D eigenvalue weighted by atomic mass is 16.4. The van der Waals surface area contributed by atoms with Gasteiger partial charge in [0.05, 0.1) is 0 Å². The average Bonchev–Trinajstić information content (AvgIpc) is 2.98. The highest BCUT2D eigenvalue weighted by Gasteiger charge is 2.42. The summed E-state index contributed by atoms with van der Waals surface area (Å²) in [5.74, 6) is 5.83. The van der Waals surface area contributed by atoms with Crippen molar-refractivity contribution in [2.75, 3.05) is 0 Å². The minimum absolute atomic E-state index is 0.242. The second-order valence-electron chi connectivity index (χ2n) is 6.99. The Hall–Kier alpha value is -1.79. The van der Waals surface area contributed by atoms with E-state index in [9.17, 15) is 9.90 Å². The Balaban J connectivity index is 1.83. The van der Waals surface area contributed by atoms with E-state index in [0.29, 0.717) is 12.8 Å². The van der Waals surface area contributed by atoms with Crippen molar-refractivity contribution >= 4 is 5.97 Å². The van der Waals surface area contributed by atoms with E-state index in [1.54, 1.807) is 0 Å². The molecule has 130 valence electrons. The average molecular weight is 327 g/mol. The Bertz CT molecular complexity index is 597. The van der Waals surface area contributed by atoms with Gasteiger partial charge in [-0.1, -0.05) is 56.6 Å². The van der Waals surface area contributed by atoms with Gasteiger partial charge in [-0.3, -0.25) is 4.79 Å². The third-order valence-electron chi connectivity index (χ3n) is 5.00. The maximum absolute atomic E-state index is 11.2. The Labute approximate surface area is 145 Å². The topological polar surface area (TPSA) is 63.3 Å². The summed E-state index contributed by atoms with van der Waals surface area (Å²) < 4.78 is 0. The van der Waals surface area contributed by atoms with Crippen molar-refractivity contribution in [1.29, 1.82) is 0 Å². The lowest BCUT2D eigenvalue weighted by atomic mass is 9.93. The van der Waals surface area contributed by atoms with Crippen LogP contribution < -0.4 is 5.73 Å². The zero-order valence-corrected chi connectivity index (χ0v) is 14.7. The molecule has 1 aliphatic carbocycles. The van der Waals surface area contributed by atoms with Gasteiger partial charge in [0, 0.05) is 12.0 Å². The highest BCUT2D eigenvalue weighted by Crippen LogP contribution is 2.39. The van der Waals surface area contributed by atoms with E-state index >= 15 is 0 Å². The van der Waals surface area contributed by atoms with E-state index < -0.39 is 11.5 Å². The van der Waals surface area contributed by atoms with Crippen molar-refractivity contribution in [1.82, 2.24) is 0 Å². The maximum atomic E-state index is 11.2. The van der Waals surface area contributed by atoms with E-state index in [1.807, 2.05) is 12.1 Å². The fraction of sp³-hybridized carbons (Fsp3) is 0.571. The molecule has 0 amide bonds. The highest BCUT2D eigenvalue weighted by molar-refractivity contribution is 5.79. The molecule has 0 saturated heterocycles. The number of carboxylic acid groups (broad SMARTS) is 1. The first-order valence-electron chi connectivity index (χ1n) is 9.16. The standard InChI is InChI=1S/C21H29NO2/c1-2-3-4-5-6-7-8-9-17-10-12-18(13-11-17)19-14-15-21(22,16-19)20(23)24/h10-13,19H,2-7,14-16,22H2,1H3,(H,23,24)/t19-,21+/m0/s1. The molecule has 3 nitrogen and oxygen atoms in total. The van der Waals surface area contributed by atoms with Crippen LogP contribution in [0.15, 0.2) is 24.3 Å². The van der Waals surface area contributed by atoms with Gasteiger partial charge in [-0.25, -0.2) is 0 Å². The molecule has 0 heterocycles. The maximum Gasteiger partial charge on any atom is 0.323 e. The number of hydrogen-bond donors (Lipinski definition) is 2. The Morgan fingerprint density at radius 3 is 2.58 bits per heavy atom. The molecule has 2 rings (SSSR count). The van der Waals surface area contributed by atoms with E-state index in [-0.39, 0.29) is 5.92 Å². The summed E-state index contributed by atoms with van der Waals surface area (Å²) in [5.41, 5.74) is 7.11. The lowest BCUT2D eigenvalue weighted by molar-refractivity contribution is -0.143. The minimum atomic E-state index is -1.05. The molecule has 0 aliphatic heterocycles. The summed E-state index contributed by atoms with van der Waals surface area (Å²) in [5, 5.41) is 9.23. The van der Waals surface area contributed by atoms with Gasteiger partial charge in [0.2, 0.25) is 0 Å². The first kappa shape index (κ1) is 18.5. The van der Waals surface area contributed by atoms with E-state index in [2.05, 4.69) is 30.9 Å². The Morgan fingerprint density at radius 1 is 1.25 bits per heavy atom. The van der Waals surface area contributed by atoms with Gasteiger partial charge < -0.3 is 10.8 Å². The smallest absolute Gasteiger partial charge is 0.323 e. The third-order valence-corrected chi connectivity index (χ3v) is 5.00. The molecule has 3 N–H and O–H groups in total. The van der Waals surface area contributed by atoms with Gasteiger partial charge in [0.1, 0.15) is 5.54 Å². The first-order chi connectivity index (χ1) is 11.5. The van der Waals surface area contributed by atoms with Gasteiger partial charge in [0.25, 0.3) is 0 Å². The summed E-state index contributed by atoms with van der Waals surface area (Å²) >= 11 is 0. The molecule has 0 spiro atoms. The fourth-order valence-electron chi connectivity index (χ4n) is 3.37. The normalized spacial score (nSPS) is 22.8. The molecule has 24 heavy (non-hydrogen) atoms. The zero-order valence-electron chi connectivity index (χ0n) is 14.7. The summed E-state index contributed by atoms with van der Waals surface area (Å²) in [6.07, 6.45) is 9.23. The predicted octanol–water partition coefficient (Wildman–Crippen LogP) is 4.45. The van der Waals surface area contributed by atoms with Crippen molar-refractivity contribution in [3.05, 3.63) is 35.4 Å². The Morgan fingerprint density at radius 2 is 1.96 bits per heavy atom. The molecule has 0 unspecified atom stereocenters. The lowest BCUT2D eigenvalue weighted by Crippen LogP contribution is -2.45. The molecule has 0 aromatic heterocycles. The molecule has 2 atom stereocenters. The van der Waals surface area contributed by atoms with Crippen LogP contribution in [-0.4, -0.2) is 16.6 Å². The number of aliphatic carboxylic acids is 1. The molecular weight excluding hydrogens is 298 g/mol. The molecule has 1 aromatic rings. The van der Waals surface area contributed by atoms with E-state index in [4.69, 9.17) is 5.73 Å². The lowest BCUT2D eigenvalue weighted by Gasteiger charge is -2.18. The van der Waals surface area contributed by atoms with E-state index in [0.717, 1.165) is 18.4 Å². The van der Waals surface area contributed by atoms with E-state index in [1.165, 1.54) is 37.7 Å². The molecule has 0 radical (unpaired) electrons. The zero-order chi connectivity index (χ0) is 17.4. The van der Waals surface area contributed by atoms with Gasteiger partial charge in [0.15, 0.2) is 0 Å². The largest absolute Gasteiger partial charge is 0.480 e. The van der Waals surface area contributed by atoms with Crippen LogP contribution in [0.1, 0.15) is 81.8 Å². The van der Waals surface area contributed by atoms with Crippen molar-refractivity contribution in [2.45, 2.75) is 76.2 Å². The van der Waals surface area contributed by atoms with Gasteiger partial charge in [-0.15, -0.1) is 0 Å². The quantitative estimate of drug-likeness (QED) is 0.574. The number of unbranched alkanes of at least 4 members (excludes halogenated alkanes) is 5. The fourth-order valence-corrected chi connectivity index (χ4v) is 3.37. The molecule has 0 bridgehead atoms. The molecule has 1 fully saturated rings. The van der Waals surface area contributed by atoms with Crippen molar-refractivity contribution in [3.63, 3.8) is 0 Å². The minimum Gasteiger partial charge on any atom is -0.480 e. The van der Waals surface area contributed by atoms with Crippen LogP contribution in [0.3, 0.4) is 0 Å². The van der Waals surface area contributed by atoms with Crippen molar-refractivity contribution in [3.8, 4) is 11.8 Å². The SMILES string of the molecule is CCCCCCCC#Cc1ccc([C@H]2CC[C@](N)(C(=O)O)C2)cc1. The molecule has 3 heteroatoms. The summed E-state index contributed by atoms with van der Waals surface area (Å²) in [7, 11) is 0. The number of nitrogens with two attached hydrogens (primary N) is 1. The first-order valence-corrected chi connectivity index (χ1v) is 9.16. The van der Waals surface area contributed by atoms with Crippen LogP contribution in [0.4, 0.5) is 0 Å². The van der Waals surface area contributed by atoms with Crippen LogP contribution in [0.25, 0.3) is 0 Å². The molecule has 1 aromatic carbocycles. The predicted molar refractivity (Wildman–Crippen MR) is 97.8 cm³/mol. The van der Waals surface area contributed by atoms with Gasteiger partial charge in [-0.2, -0.15) is 0 Å². The number of benzene rings is 1. The number of rotatable bonds is 7. The van der Waals surface area contributed by atoms with Crippen LogP contribution in [0.5, 0.6) is 0 Å².